The normalized spacial score (nSPS) is 12.2. The number of carbonyl (C=O) groups is 1. The summed E-state index contributed by atoms with van der Waals surface area (Å²) < 4.78 is 5.68. The van der Waals surface area contributed by atoms with Gasteiger partial charge in [0.15, 0.2) is 0 Å². The minimum atomic E-state index is 0.256. The Labute approximate surface area is 110 Å². The Kier molecular flexibility index (Phi) is 5.90. The molecule has 1 atom stereocenters. The third-order valence-electron chi connectivity index (χ3n) is 3.24. The second-order valence-corrected chi connectivity index (χ2v) is 4.80. The number of benzene rings is 1. The minimum Gasteiger partial charge on any atom is -0.494 e. The van der Waals surface area contributed by atoms with E-state index in [1.54, 1.807) is 6.92 Å². The predicted octanol–water partition coefficient (Wildman–Crippen LogP) is 4.12. The SMILES string of the molecule is CCOc1ccc(CC)cc1C(C)CCC(C)=O. The molecule has 2 nitrogen and oxygen atoms in total. The van der Waals surface area contributed by atoms with Crippen molar-refractivity contribution >= 4 is 5.78 Å². The summed E-state index contributed by atoms with van der Waals surface area (Å²) in [6.45, 7) is 8.65. The zero-order valence-corrected chi connectivity index (χ0v) is 12.0. The Hall–Kier alpha value is -1.31. The van der Waals surface area contributed by atoms with Crippen LogP contribution in [0.1, 0.15) is 57.6 Å². The quantitative estimate of drug-likeness (QED) is 0.725. The highest BCUT2D eigenvalue weighted by atomic mass is 16.5. The molecule has 0 amide bonds. The van der Waals surface area contributed by atoms with Crippen LogP contribution in [-0.4, -0.2) is 12.4 Å². The Morgan fingerprint density at radius 3 is 2.61 bits per heavy atom. The lowest BCUT2D eigenvalue weighted by molar-refractivity contribution is -0.117. The fraction of sp³-hybridized carbons (Fsp3) is 0.562. The Bertz CT molecular complexity index is 396. The second-order valence-electron chi connectivity index (χ2n) is 4.80. The lowest BCUT2D eigenvalue weighted by atomic mass is 9.92. The lowest BCUT2D eigenvalue weighted by Crippen LogP contribution is -2.03. The third-order valence-corrected chi connectivity index (χ3v) is 3.24. The van der Waals surface area contributed by atoms with Crippen LogP contribution in [0.2, 0.25) is 0 Å². The first-order chi connectivity index (χ1) is 8.58. The number of aryl methyl sites for hydroxylation is 1. The number of Topliss-reactive ketones (excluding diaryl/α,β-unsaturated/α-hetero) is 1. The summed E-state index contributed by atoms with van der Waals surface area (Å²) in [5.74, 6) is 1.58. The van der Waals surface area contributed by atoms with E-state index in [9.17, 15) is 4.79 Å². The van der Waals surface area contributed by atoms with E-state index in [1.807, 2.05) is 6.92 Å². The van der Waals surface area contributed by atoms with Gasteiger partial charge in [0.2, 0.25) is 0 Å². The van der Waals surface area contributed by atoms with Crippen molar-refractivity contribution in [3.8, 4) is 5.75 Å². The van der Waals surface area contributed by atoms with E-state index in [1.165, 1.54) is 11.1 Å². The van der Waals surface area contributed by atoms with Crippen LogP contribution >= 0.6 is 0 Å². The largest absolute Gasteiger partial charge is 0.494 e. The van der Waals surface area contributed by atoms with E-state index in [-0.39, 0.29) is 5.78 Å². The molecular weight excluding hydrogens is 224 g/mol. The highest BCUT2D eigenvalue weighted by Crippen LogP contribution is 2.31. The van der Waals surface area contributed by atoms with Crippen molar-refractivity contribution in [2.24, 2.45) is 0 Å². The van der Waals surface area contributed by atoms with Crippen LogP contribution in [0.15, 0.2) is 18.2 Å². The maximum atomic E-state index is 11.1. The lowest BCUT2D eigenvalue weighted by Gasteiger charge is -2.17. The van der Waals surface area contributed by atoms with Gasteiger partial charge < -0.3 is 9.53 Å². The average Bonchev–Trinajstić information content (AvgIpc) is 2.36. The van der Waals surface area contributed by atoms with Crippen molar-refractivity contribution in [1.82, 2.24) is 0 Å². The number of hydrogen-bond acceptors (Lipinski definition) is 2. The molecule has 0 heterocycles. The minimum absolute atomic E-state index is 0.256. The molecule has 0 N–H and O–H groups in total. The molecule has 1 unspecified atom stereocenters. The molecule has 1 aromatic carbocycles. The van der Waals surface area contributed by atoms with Crippen molar-refractivity contribution in [2.75, 3.05) is 6.61 Å². The molecule has 0 saturated carbocycles. The van der Waals surface area contributed by atoms with Gasteiger partial charge in [-0.3, -0.25) is 0 Å². The molecular formula is C16H24O2. The summed E-state index contributed by atoms with van der Waals surface area (Å²) in [5, 5.41) is 0. The van der Waals surface area contributed by atoms with E-state index in [0.717, 1.165) is 18.6 Å². The molecule has 0 aliphatic heterocycles. The number of carbonyl (C=O) groups excluding carboxylic acids is 1. The standard InChI is InChI=1S/C16H24O2/c1-5-14-9-10-16(18-6-2)15(11-14)12(3)7-8-13(4)17/h9-12H,5-8H2,1-4H3. The van der Waals surface area contributed by atoms with Gasteiger partial charge in [0, 0.05) is 6.42 Å². The van der Waals surface area contributed by atoms with Crippen molar-refractivity contribution in [3.63, 3.8) is 0 Å². The molecule has 1 aromatic rings. The molecule has 0 aliphatic rings. The second kappa shape index (κ2) is 7.20. The van der Waals surface area contributed by atoms with Crippen LogP contribution in [0, 0.1) is 0 Å². The molecule has 18 heavy (non-hydrogen) atoms. The van der Waals surface area contributed by atoms with Gasteiger partial charge in [-0.2, -0.15) is 0 Å². The number of hydrogen-bond donors (Lipinski definition) is 0. The van der Waals surface area contributed by atoms with Crippen molar-refractivity contribution in [2.45, 2.75) is 52.9 Å². The van der Waals surface area contributed by atoms with E-state index in [2.05, 4.69) is 32.0 Å². The van der Waals surface area contributed by atoms with E-state index < -0.39 is 0 Å². The smallest absolute Gasteiger partial charge is 0.129 e. The van der Waals surface area contributed by atoms with Gasteiger partial charge in [0.1, 0.15) is 11.5 Å². The number of rotatable bonds is 7. The Morgan fingerprint density at radius 2 is 2.06 bits per heavy atom. The molecule has 0 bridgehead atoms. The van der Waals surface area contributed by atoms with Crippen LogP contribution < -0.4 is 4.74 Å². The van der Waals surface area contributed by atoms with Gasteiger partial charge in [0.05, 0.1) is 6.61 Å². The third kappa shape index (κ3) is 4.17. The van der Waals surface area contributed by atoms with Gasteiger partial charge in [-0.15, -0.1) is 0 Å². The number of ether oxygens (including phenoxy) is 1. The molecule has 0 saturated heterocycles. The average molecular weight is 248 g/mol. The number of ketones is 1. The molecule has 0 fully saturated rings. The molecule has 0 aliphatic carbocycles. The highest BCUT2D eigenvalue weighted by molar-refractivity contribution is 5.75. The monoisotopic (exact) mass is 248 g/mol. The van der Waals surface area contributed by atoms with Gasteiger partial charge in [-0.1, -0.05) is 26.0 Å². The first-order valence-corrected chi connectivity index (χ1v) is 6.83. The van der Waals surface area contributed by atoms with Gasteiger partial charge >= 0.3 is 0 Å². The zero-order valence-electron chi connectivity index (χ0n) is 12.0. The summed E-state index contributed by atoms with van der Waals surface area (Å²) in [6.07, 6.45) is 2.56. The first-order valence-electron chi connectivity index (χ1n) is 6.83. The maximum Gasteiger partial charge on any atom is 0.129 e. The van der Waals surface area contributed by atoms with E-state index >= 15 is 0 Å². The van der Waals surface area contributed by atoms with E-state index in [0.29, 0.717) is 18.9 Å². The molecule has 0 aromatic heterocycles. The van der Waals surface area contributed by atoms with Crippen LogP contribution in [0.25, 0.3) is 0 Å². The van der Waals surface area contributed by atoms with Gasteiger partial charge in [0.25, 0.3) is 0 Å². The fourth-order valence-electron chi connectivity index (χ4n) is 2.07. The Balaban J connectivity index is 2.90. The van der Waals surface area contributed by atoms with Crippen LogP contribution in [0.5, 0.6) is 5.75 Å². The van der Waals surface area contributed by atoms with Crippen LogP contribution in [-0.2, 0) is 11.2 Å². The molecule has 0 spiro atoms. The van der Waals surface area contributed by atoms with Crippen molar-refractivity contribution < 1.29 is 9.53 Å². The topological polar surface area (TPSA) is 26.3 Å². The van der Waals surface area contributed by atoms with Gasteiger partial charge in [-0.05, 0) is 49.8 Å². The summed E-state index contributed by atoms with van der Waals surface area (Å²) in [5.41, 5.74) is 2.56. The summed E-state index contributed by atoms with van der Waals surface area (Å²) in [7, 11) is 0. The van der Waals surface area contributed by atoms with Crippen molar-refractivity contribution in [1.29, 1.82) is 0 Å². The molecule has 100 valence electrons. The fourth-order valence-corrected chi connectivity index (χ4v) is 2.07. The predicted molar refractivity (Wildman–Crippen MR) is 75.3 cm³/mol. The zero-order chi connectivity index (χ0) is 13.5. The van der Waals surface area contributed by atoms with Crippen LogP contribution in [0.4, 0.5) is 0 Å². The summed E-state index contributed by atoms with van der Waals surface area (Å²) in [6, 6.07) is 6.39. The summed E-state index contributed by atoms with van der Waals surface area (Å²) in [4.78, 5) is 11.1. The Morgan fingerprint density at radius 1 is 1.33 bits per heavy atom. The summed E-state index contributed by atoms with van der Waals surface area (Å²) >= 11 is 0. The molecule has 0 radical (unpaired) electrons. The first kappa shape index (κ1) is 14.7. The van der Waals surface area contributed by atoms with Crippen molar-refractivity contribution in [3.05, 3.63) is 29.3 Å². The van der Waals surface area contributed by atoms with Gasteiger partial charge in [-0.25, -0.2) is 0 Å². The molecule has 1 rings (SSSR count). The molecule has 2 heteroatoms. The van der Waals surface area contributed by atoms with E-state index in [4.69, 9.17) is 4.74 Å². The highest BCUT2D eigenvalue weighted by Gasteiger charge is 2.13. The maximum absolute atomic E-state index is 11.1. The van der Waals surface area contributed by atoms with Crippen LogP contribution in [0.3, 0.4) is 0 Å².